The van der Waals surface area contributed by atoms with Crippen LogP contribution in [0.3, 0.4) is 0 Å². The predicted molar refractivity (Wildman–Crippen MR) is 215 cm³/mol. The Labute approximate surface area is 312 Å². The van der Waals surface area contributed by atoms with Crippen molar-refractivity contribution in [1.29, 1.82) is 0 Å². The minimum atomic E-state index is -2.12. The quantitative estimate of drug-likeness (QED) is 0.0773. The van der Waals surface area contributed by atoms with Crippen molar-refractivity contribution in [3.63, 3.8) is 0 Å². The SMILES string of the molecule is CCCCCCCC(=O)SCCC[Si]1(C)OCCC(CC)CNO1.CCCCCCCC(=O)SCCC[Si]1(C)OCCC(CCC)CNO1. The largest absolute Gasteiger partial charge is 0.394 e. The van der Waals surface area contributed by atoms with E-state index in [2.05, 4.69) is 51.7 Å². The van der Waals surface area contributed by atoms with Crippen molar-refractivity contribution in [3.05, 3.63) is 0 Å². The van der Waals surface area contributed by atoms with Gasteiger partial charge < -0.3 is 17.9 Å². The molecule has 4 unspecified atom stereocenters. The zero-order valence-corrected chi connectivity index (χ0v) is 36.1. The van der Waals surface area contributed by atoms with E-state index < -0.39 is 17.1 Å². The van der Waals surface area contributed by atoms with Crippen LogP contribution in [-0.4, -0.2) is 65.2 Å². The molecule has 0 amide bonds. The maximum Gasteiger partial charge on any atom is 0.355 e. The number of hydrogen-bond acceptors (Lipinski definition) is 10. The van der Waals surface area contributed by atoms with Gasteiger partial charge in [-0.25, -0.2) is 11.0 Å². The van der Waals surface area contributed by atoms with Gasteiger partial charge in [0.05, 0.1) is 0 Å². The molecule has 0 spiro atoms. The van der Waals surface area contributed by atoms with Crippen LogP contribution in [0.1, 0.15) is 150 Å². The molecule has 2 fully saturated rings. The summed E-state index contributed by atoms with van der Waals surface area (Å²) >= 11 is 2.99. The highest BCUT2D eigenvalue weighted by atomic mass is 32.2. The molecule has 0 aromatic rings. The van der Waals surface area contributed by atoms with E-state index in [1.807, 2.05) is 0 Å². The Morgan fingerprint density at radius 3 is 1.51 bits per heavy atom. The molecule has 2 saturated heterocycles. The molecule has 0 aliphatic carbocycles. The van der Waals surface area contributed by atoms with Crippen LogP contribution in [0.25, 0.3) is 0 Å². The van der Waals surface area contributed by atoms with Crippen molar-refractivity contribution >= 4 is 50.9 Å². The van der Waals surface area contributed by atoms with Crippen LogP contribution in [-0.2, 0) is 27.5 Å². The van der Waals surface area contributed by atoms with Crippen LogP contribution >= 0.6 is 23.5 Å². The maximum atomic E-state index is 11.9. The van der Waals surface area contributed by atoms with Gasteiger partial charge in [0.15, 0.2) is 10.2 Å². The van der Waals surface area contributed by atoms with E-state index in [9.17, 15) is 9.59 Å². The Bertz CT molecular complexity index is 812. The monoisotopic (exact) mass is 764 g/mol. The summed E-state index contributed by atoms with van der Waals surface area (Å²) in [5, 5.41) is 0.699. The minimum absolute atomic E-state index is 0.349. The molecule has 2 N–H and O–H groups in total. The maximum absolute atomic E-state index is 11.9. The summed E-state index contributed by atoms with van der Waals surface area (Å²) < 4.78 is 24.0. The Balaban J connectivity index is 0.000000490. The zero-order valence-electron chi connectivity index (χ0n) is 32.5. The van der Waals surface area contributed by atoms with Gasteiger partial charge in [-0.1, -0.05) is 115 Å². The fraction of sp³-hybridized carbons (Fsp3) is 0.946. The zero-order chi connectivity index (χ0) is 36.1. The van der Waals surface area contributed by atoms with E-state index in [0.717, 1.165) is 108 Å². The van der Waals surface area contributed by atoms with Crippen LogP contribution in [0.15, 0.2) is 0 Å². The van der Waals surface area contributed by atoms with E-state index >= 15 is 0 Å². The van der Waals surface area contributed by atoms with Gasteiger partial charge >= 0.3 is 17.1 Å². The lowest BCUT2D eigenvalue weighted by Gasteiger charge is -2.31. The minimum Gasteiger partial charge on any atom is -0.394 e. The van der Waals surface area contributed by atoms with Crippen molar-refractivity contribution in [2.24, 2.45) is 11.8 Å². The molecular weight excluding hydrogens is 689 g/mol. The van der Waals surface area contributed by atoms with Gasteiger partial charge in [-0.3, -0.25) is 9.59 Å². The van der Waals surface area contributed by atoms with Gasteiger partial charge in [0.25, 0.3) is 0 Å². The van der Waals surface area contributed by atoms with E-state index in [1.54, 1.807) is 0 Å². The van der Waals surface area contributed by atoms with E-state index in [-0.39, 0.29) is 0 Å². The van der Waals surface area contributed by atoms with Crippen LogP contribution in [0.2, 0.25) is 25.2 Å². The third-order valence-corrected chi connectivity index (χ3v) is 16.9. The van der Waals surface area contributed by atoms with Crippen molar-refractivity contribution in [2.45, 2.75) is 175 Å². The number of carbonyl (C=O) groups excluding carboxylic acids is 2. The average Bonchev–Trinajstić information content (AvgIpc) is 3.06. The molecule has 4 atom stereocenters. The lowest BCUT2D eigenvalue weighted by atomic mass is 10.0. The second-order valence-corrected chi connectivity index (χ2v) is 23.2. The first kappa shape index (κ1) is 47.3. The number of hydrogen-bond donors (Lipinski definition) is 2. The molecule has 2 rings (SSSR count). The Morgan fingerprint density at radius 2 is 1.06 bits per heavy atom. The van der Waals surface area contributed by atoms with Crippen molar-refractivity contribution in [3.8, 4) is 0 Å². The van der Waals surface area contributed by atoms with E-state index in [4.69, 9.17) is 17.9 Å². The molecule has 2 aliphatic heterocycles. The highest BCUT2D eigenvalue weighted by molar-refractivity contribution is 8.13. The molecule has 0 radical (unpaired) electrons. The molecule has 0 saturated carbocycles. The van der Waals surface area contributed by atoms with Crippen LogP contribution in [0.5, 0.6) is 0 Å². The smallest absolute Gasteiger partial charge is 0.355 e. The van der Waals surface area contributed by atoms with E-state index in [1.165, 1.54) is 87.7 Å². The van der Waals surface area contributed by atoms with Gasteiger partial charge in [0.2, 0.25) is 0 Å². The van der Waals surface area contributed by atoms with Crippen molar-refractivity contribution < 1.29 is 27.5 Å². The third-order valence-electron chi connectivity index (χ3n) is 9.51. The number of thioether (sulfide) groups is 2. The molecule has 8 nitrogen and oxygen atoms in total. The molecule has 12 heteroatoms. The number of unbranched alkanes of at least 4 members (excludes halogenated alkanes) is 8. The number of nitrogens with one attached hydrogen (secondary N) is 2. The number of rotatable bonds is 23. The van der Waals surface area contributed by atoms with Gasteiger partial charge in [-0.15, -0.1) is 0 Å². The third kappa shape index (κ3) is 25.8. The first-order chi connectivity index (χ1) is 23.7. The summed E-state index contributed by atoms with van der Waals surface area (Å²) in [6, 6.07) is 1.91. The van der Waals surface area contributed by atoms with Crippen LogP contribution in [0, 0.1) is 11.8 Å². The highest BCUT2D eigenvalue weighted by Gasteiger charge is 2.34. The number of hydroxylamine groups is 2. The molecule has 0 aromatic heterocycles. The molecular formula is C37H76N2O6S2Si2. The van der Waals surface area contributed by atoms with Gasteiger partial charge in [0, 0.05) is 50.7 Å². The second-order valence-electron chi connectivity index (χ2n) is 14.3. The van der Waals surface area contributed by atoms with Crippen molar-refractivity contribution in [1.82, 2.24) is 11.0 Å². The summed E-state index contributed by atoms with van der Waals surface area (Å²) in [4.78, 5) is 23.8. The standard InChI is InChI=1S/C19H39NO3SSi.C18H37NO3SSi/c1-4-6-7-8-9-12-19(21)24-15-10-16-25(3)22-14-13-18(11-5-2)17-20-23-25;1-4-6-7-8-9-11-18(20)23-14-10-15-24(3)21-13-12-17(5-2)16-19-22-24/h18,20H,4-17H2,1-3H3;17,19H,4-16H2,1-3H3. The Hall–Kier alpha value is 0.234. The predicted octanol–water partition coefficient (Wildman–Crippen LogP) is 10.5. The van der Waals surface area contributed by atoms with Gasteiger partial charge in [-0.2, -0.15) is 0 Å². The molecule has 49 heavy (non-hydrogen) atoms. The van der Waals surface area contributed by atoms with Crippen LogP contribution < -0.4 is 11.0 Å². The lowest BCUT2D eigenvalue weighted by Crippen LogP contribution is -2.47. The summed E-state index contributed by atoms with van der Waals surface area (Å²) in [5.74, 6) is 3.09. The summed E-state index contributed by atoms with van der Waals surface area (Å²) in [5.41, 5.74) is 6.31. The van der Waals surface area contributed by atoms with Crippen LogP contribution in [0.4, 0.5) is 0 Å². The summed E-state index contributed by atoms with van der Waals surface area (Å²) in [6.07, 6.45) is 21.4. The molecule has 290 valence electrons. The Morgan fingerprint density at radius 1 is 0.612 bits per heavy atom. The topological polar surface area (TPSA) is 95.1 Å². The fourth-order valence-electron chi connectivity index (χ4n) is 6.07. The fourth-order valence-corrected chi connectivity index (χ4v) is 12.3. The first-order valence-electron chi connectivity index (χ1n) is 20.1. The molecule has 2 aliphatic rings. The molecule has 0 aromatic carbocycles. The van der Waals surface area contributed by atoms with E-state index in [0.29, 0.717) is 22.1 Å². The summed E-state index contributed by atoms with van der Waals surface area (Å²) in [6.45, 7) is 16.6. The number of carbonyl (C=O) groups is 2. The molecule has 0 bridgehead atoms. The Kier molecular flexibility index (Phi) is 29.6. The molecule has 2 heterocycles. The van der Waals surface area contributed by atoms with Gasteiger partial charge in [0.1, 0.15) is 0 Å². The summed E-state index contributed by atoms with van der Waals surface area (Å²) in [7, 11) is -4.23. The highest BCUT2D eigenvalue weighted by Crippen LogP contribution is 2.24. The van der Waals surface area contributed by atoms with Gasteiger partial charge in [-0.05, 0) is 82.0 Å². The van der Waals surface area contributed by atoms with Crippen molar-refractivity contribution in [2.75, 3.05) is 37.8 Å². The first-order valence-corrected chi connectivity index (χ1v) is 27.1. The normalized spacial score (nSPS) is 24.9. The average molecular weight is 765 g/mol. The second kappa shape index (κ2) is 30.7. The lowest BCUT2D eigenvalue weighted by molar-refractivity contribution is -0.111.